The van der Waals surface area contributed by atoms with Crippen molar-refractivity contribution in [3.8, 4) is 11.5 Å². The lowest BCUT2D eigenvalue weighted by atomic mass is 10.2. The van der Waals surface area contributed by atoms with Crippen LogP contribution in [0.4, 0.5) is 10.1 Å². The number of halogens is 1. The first-order chi connectivity index (χ1) is 14.1. The quantitative estimate of drug-likeness (QED) is 0.552. The average Bonchev–Trinajstić information content (AvgIpc) is 3.21. The summed E-state index contributed by atoms with van der Waals surface area (Å²) in [5.74, 6) is 1.51. The summed E-state index contributed by atoms with van der Waals surface area (Å²) in [6, 6.07) is 13.3. The molecule has 0 aromatic heterocycles. The van der Waals surface area contributed by atoms with Crippen LogP contribution in [0, 0.1) is 5.82 Å². The van der Waals surface area contributed by atoms with Gasteiger partial charge in [-0.2, -0.15) is 0 Å². The van der Waals surface area contributed by atoms with Crippen LogP contribution in [0.5, 0.6) is 11.5 Å². The molecule has 1 aliphatic rings. The van der Waals surface area contributed by atoms with Crippen molar-refractivity contribution in [1.29, 1.82) is 0 Å². The molecule has 0 spiro atoms. The molecule has 6 nitrogen and oxygen atoms in total. The van der Waals surface area contributed by atoms with Crippen LogP contribution in [0.2, 0.25) is 0 Å². The Balaban J connectivity index is 1.54. The van der Waals surface area contributed by atoms with Gasteiger partial charge >= 0.3 is 0 Å². The largest absolute Gasteiger partial charge is 0.495 e. The van der Waals surface area contributed by atoms with Crippen LogP contribution in [0.3, 0.4) is 0 Å². The highest BCUT2D eigenvalue weighted by molar-refractivity contribution is 5.80. The third-order valence-electron chi connectivity index (χ3n) is 4.93. The van der Waals surface area contributed by atoms with E-state index in [-0.39, 0.29) is 17.6 Å². The Morgan fingerprint density at radius 2 is 2.07 bits per heavy atom. The van der Waals surface area contributed by atoms with Crippen molar-refractivity contribution < 1.29 is 13.9 Å². The van der Waals surface area contributed by atoms with Crippen LogP contribution in [-0.2, 0) is 6.54 Å². The standard InChI is InChI=1S/C22H29FN4O2/c1-4-29-20-10-9-16(13-18(20)23)14-25-22(24-2)26-17-11-12-27(15-17)19-7-5-6-8-21(19)28-3/h5-10,13,17H,4,11-12,14-15H2,1-3H3,(H2,24,25,26). The zero-order chi connectivity index (χ0) is 20.6. The molecule has 0 aliphatic carbocycles. The summed E-state index contributed by atoms with van der Waals surface area (Å²) in [5, 5.41) is 6.71. The van der Waals surface area contributed by atoms with Gasteiger partial charge in [-0.1, -0.05) is 18.2 Å². The molecule has 156 valence electrons. The molecule has 1 heterocycles. The lowest BCUT2D eigenvalue weighted by molar-refractivity contribution is 0.321. The number of ether oxygens (including phenoxy) is 2. The summed E-state index contributed by atoms with van der Waals surface area (Å²) in [7, 11) is 3.43. The van der Waals surface area contributed by atoms with Gasteiger partial charge in [0.1, 0.15) is 5.75 Å². The second-order valence-corrected chi connectivity index (χ2v) is 6.87. The molecule has 1 atom stereocenters. The number of hydrogen-bond donors (Lipinski definition) is 2. The summed E-state index contributed by atoms with van der Waals surface area (Å²) < 4.78 is 24.7. The average molecular weight is 400 g/mol. The number of methoxy groups -OCH3 is 1. The van der Waals surface area contributed by atoms with E-state index in [9.17, 15) is 4.39 Å². The monoisotopic (exact) mass is 400 g/mol. The molecule has 0 radical (unpaired) electrons. The van der Waals surface area contributed by atoms with Gasteiger partial charge in [0.2, 0.25) is 0 Å². The maximum Gasteiger partial charge on any atom is 0.191 e. The molecule has 2 aromatic rings. The Hall–Kier alpha value is -2.96. The minimum absolute atomic E-state index is 0.267. The van der Waals surface area contributed by atoms with Crippen LogP contribution >= 0.6 is 0 Å². The highest BCUT2D eigenvalue weighted by Gasteiger charge is 2.25. The molecule has 0 bridgehead atoms. The minimum atomic E-state index is -0.350. The molecule has 1 aliphatic heterocycles. The van der Waals surface area contributed by atoms with Gasteiger partial charge in [-0.15, -0.1) is 0 Å². The Labute approximate surface area is 171 Å². The van der Waals surface area contributed by atoms with Gasteiger partial charge in [0.15, 0.2) is 17.5 Å². The van der Waals surface area contributed by atoms with E-state index in [4.69, 9.17) is 9.47 Å². The van der Waals surface area contributed by atoms with Crippen molar-refractivity contribution in [2.24, 2.45) is 4.99 Å². The van der Waals surface area contributed by atoms with Crippen molar-refractivity contribution in [3.05, 3.63) is 53.8 Å². The molecule has 1 unspecified atom stereocenters. The van der Waals surface area contributed by atoms with Gasteiger partial charge in [0.05, 0.1) is 19.4 Å². The SMILES string of the molecule is CCOc1ccc(CNC(=NC)NC2CCN(c3ccccc3OC)C2)cc1F. The molecule has 0 saturated carbocycles. The van der Waals surface area contributed by atoms with E-state index in [2.05, 4.69) is 26.6 Å². The van der Waals surface area contributed by atoms with Gasteiger partial charge in [-0.3, -0.25) is 4.99 Å². The topological polar surface area (TPSA) is 58.1 Å². The van der Waals surface area contributed by atoms with E-state index in [0.29, 0.717) is 19.1 Å². The summed E-state index contributed by atoms with van der Waals surface area (Å²) >= 11 is 0. The molecular formula is C22H29FN4O2. The first-order valence-electron chi connectivity index (χ1n) is 9.91. The normalized spacial score (nSPS) is 16.6. The summed E-state index contributed by atoms with van der Waals surface area (Å²) in [6.07, 6.45) is 0.996. The van der Waals surface area contributed by atoms with Gasteiger partial charge in [-0.25, -0.2) is 4.39 Å². The van der Waals surface area contributed by atoms with E-state index < -0.39 is 0 Å². The smallest absolute Gasteiger partial charge is 0.191 e. The van der Waals surface area contributed by atoms with E-state index in [0.717, 1.165) is 36.5 Å². The van der Waals surface area contributed by atoms with Crippen molar-refractivity contribution in [3.63, 3.8) is 0 Å². The first kappa shape index (κ1) is 20.8. The third kappa shape index (κ3) is 5.31. The van der Waals surface area contributed by atoms with Crippen molar-refractivity contribution in [2.45, 2.75) is 25.9 Å². The maximum atomic E-state index is 14.0. The summed E-state index contributed by atoms with van der Waals surface area (Å²) in [6.45, 7) is 4.56. The van der Waals surface area contributed by atoms with E-state index >= 15 is 0 Å². The van der Waals surface area contributed by atoms with Gasteiger partial charge < -0.3 is 25.0 Å². The van der Waals surface area contributed by atoms with Gasteiger partial charge in [-0.05, 0) is 43.2 Å². The van der Waals surface area contributed by atoms with Gasteiger partial charge in [0, 0.05) is 32.7 Å². The van der Waals surface area contributed by atoms with Crippen LogP contribution in [0.25, 0.3) is 0 Å². The first-order valence-corrected chi connectivity index (χ1v) is 9.91. The molecule has 7 heteroatoms. The molecule has 29 heavy (non-hydrogen) atoms. The number of hydrogen-bond acceptors (Lipinski definition) is 4. The molecule has 1 saturated heterocycles. The number of anilines is 1. The van der Waals surface area contributed by atoms with Crippen LogP contribution < -0.4 is 25.0 Å². The van der Waals surface area contributed by atoms with Gasteiger partial charge in [0.25, 0.3) is 0 Å². The highest BCUT2D eigenvalue weighted by Crippen LogP contribution is 2.30. The van der Waals surface area contributed by atoms with Crippen molar-refractivity contribution >= 4 is 11.6 Å². The fourth-order valence-corrected chi connectivity index (χ4v) is 3.49. The molecular weight excluding hydrogens is 371 g/mol. The maximum absolute atomic E-state index is 14.0. The lowest BCUT2D eigenvalue weighted by Crippen LogP contribution is -2.44. The van der Waals surface area contributed by atoms with Crippen LogP contribution in [0.15, 0.2) is 47.5 Å². The van der Waals surface area contributed by atoms with E-state index in [1.54, 1.807) is 20.2 Å². The fraction of sp³-hybridized carbons (Fsp3) is 0.409. The number of rotatable bonds is 7. The van der Waals surface area contributed by atoms with E-state index in [1.807, 2.05) is 31.2 Å². The zero-order valence-electron chi connectivity index (χ0n) is 17.2. The number of nitrogens with zero attached hydrogens (tertiary/aromatic N) is 2. The minimum Gasteiger partial charge on any atom is -0.495 e. The number of guanidine groups is 1. The number of aliphatic imine (C=N–C) groups is 1. The molecule has 2 N–H and O–H groups in total. The number of benzene rings is 2. The second-order valence-electron chi connectivity index (χ2n) is 6.87. The third-order valence-corrected chi connectivity index (χ3v) is 4.93. The van der Waals surface area contributed by atoms with Crippen LogP contribution in [0.1, 0.15) is 18.9 Å². The van der Waals surface area contributed by atoms with Crippen molar-refractivity contribution in [1.82, 2.24) is 10.6 Å². The Bertz CT molecular complexity index is 843. The Morgan fingerprint density at radius 1 is 1.24 bits per heavy atom. The summed E-state index contributed by atoms with van der Waals surface area (Å²) in [4.78, 5) is 6.61. The fourth-order valence-electron chi connectivity index (χ4n) is 3.49. The lowest BCUT2D eigenvalue weighted by Gasteiger charge is -2.22. The number of nitrogens with one attached hydrogen (secondary N) is 2. The zero-order valence-corrected chi connectivity index (χ0v) is 17.2. The Kier molecular flexibility index (Phi) is 7.16. The summed E-state index contributed by atoms with van der Waals surface area (Å²) in [5.41, 5.74) is 1.93. The highest BCUT2D eigenvalue weighted by atomic mass is 19.1. The molecule has 1 fully saturated rings. The predicted octanol–water partition coefficient (Wildman–Crippen LogP) is 3.18. The predicted molar refractivity (Wildman–Crippen MR) is 115 cm³/mol. The molecule has 3 rings (SSSR count). The van der Waals surface area contributed by atoms with Crippen LogP contribution in [-0.4, -0.2) is 45.9 Å². The Morgan fingerprint density at radius 3 is 2.79 bits per heavy atom. The second kappa shape index (κ2) is 10.0. The van der Waals surface area contributed by atoms with Crippen molar-refractivity contribution in [2.75, 3.05) is 38.8 Å². The molecule has 2 aromatic carbocycles. The number of para-hydroxylation sites is 2. The van der Waals surface area contributed by atoms with E-state index in [1.165, 1.54) is 6.07 Å². The molecule has 0 amide bonds.